The molecule has 0 saturated heterocycles. The van der Waals surface area contributed by atoms with Gasteiger partial charge in [-0.05, 0) is 36.4 Å². The summed E-state index contributed by atoms with van der Waals surface area (Å²) in [5, 5.41) is 3.06. The fourth-order valence-electron chi connectivity index (χ4n) is 4.05. The van der Waals surface area contributed by atoms with E-state index in [1.807, 2.05) is 30.3 Å². The van der Waals surface area contributed by atoms with Gasteiger partial charge in [0.2, 0.25) is 0 Å². The zero-order valence-electron chi connectivity index (χ0n) is 16.1. The van der Waals surface area contributed by atoms with Crippen LogP contribution in [-0.2, 0) is 0 Å². The van der Waals surface area contributed by atoms with Crippen molar-refractivity contribution in [2.75, 3.05) is 20.8 Å². The standard InChI is InChI=1S/C23H18N2O4/c1-4-11-29-13-5-7-17-16(12-13)14-9-10-24-20-15-6-8-18(27-2)22(28-3)19(15)23(26)25(17)21(14)20/h4-10,12H,1,11H2,2-3H3. The molecule has 0 aliphatic carbocycles. The lowest BCUT2D eigenvalue weighted by Gasteiger charge is -2.12. The van der Waals surface area contributed by atoms with Gasteiger partial charge < -0.3 is 14.2 Å². The Hall–Kier alpha value is -3.80. The van der Waals surface area contributed by atoms with Crippen molar-refractivity contribution < 1.29 is 14.2 Å². The van der Waals surface area contributed by atoms with Crippen LogP contribution in [0, 0.1) is 0 Å². The average molecular weight is 386 g/mol. The van der Waals surface area contributed by atoms with Gasteiger partial charge in [-0.25, -0.2) is 0 Å². The average Bonchev–Trinajstić information content (AvgIpc) is 3.09. The maximum Gasteiger partial charge on any atom is 0.267 e. The summed E-state index contributed by atoms with van der Waals surface area (Å²) in [4.78, 5) is 18.2. The molecule has 2 aromatic carbocycles. The fraction of sp³-hybridized carbons (Fsp3) is 0.130. The van der Waals surface area contributed by atoms with Crippen molar-refractivity contribution in [3.05, 3.63) is 65.6 Å². The highest BCUT2D eigenvalue weighted by Crippen LogP contribution is 2.39. The topological polar surface area (TPSA) is 62.1 Å². The van der Waals surface area contributed by atoms with Crippen molar-refractivity contribution in [3.8, 4) is 17.2 Å². The first-order valence-corrected chi connectivity index (χ1v) is 9.16. The van der Waals surface area contributed by atoms with E-state index in [9.17, 15) is 4.79 Å². The van der Waals surface area contributed by atoms with Crippen molar-refractivity contribution in [1.82, 2.24) is 9.38 Å². The molecule has 0 aliphatic heterocycles. The summed E-state index contributed by atoms with van der Waals surface area (Å²) < 4.78 is 18.3. The normalized spacial score (nSPS) is 11.5. The van der Waals surface area contributed by atoms with Crippen molar-refractivity contribution in [1.29, 1.82) is 0 Å². The number of fused-ring (bicyclic) bond motifs is 5. The number of benzene rings is 2. The van der Waals surface area contributed by atoms with E-state index in [1.54, 1.807) is 29.8 Å². The molecule has 0 unspecified atom stereocenters. The first-order chi connectivity index (χ1) is 14.2. The SMILES string of the molecule is C=CCOc1ccc2c(c1)c1ccnc3c4ccc(OC)c(OC)c4c(=O)n2c13. The van der Waals surface area contributed by atoms with E-state index < -0.39 is 0 Å². The monoisotopic (exact) mass is 386 g/mol. The van der Waals surface area contributed by atoms with Crippen LogP contribution >= 0.6 is 0 Å². The minimum atomic E-state index is -0.170. The molecular weight excluding hydrogens is 368 g/mol. The third-order valence-electron chi connectivity index (χ3n) is 5.23. The summed E-state index contributed by atoms with van der Waals surface area (Å²) in [5.41, 5.74) is 2.15. The Bertz CT molecular complexity index is 1470. The molecule has 144 valence electrons. The Morgan fingerprint density at radius 2 is 1.93 bits per heavy atom. The van der Waals surface area contributed by atoms with Crippen LogP contribution in [0.1, 0.15) is 0 Å². The van der Waals surface area contributed by atoms with Crippen LogP contribution in [0.5, 0.6) is 17.2 Å². The number of rotatable bonds is 5. The van der Waals surface area contributed by atoms with Gasteiger partial charge >= 0.3 is 0 Å². The number of ether oxygens (including phenoxy) is 3. The molecule has 0 fully saturated rings. The van der Waals surface area contributed by atoms with Crippen molar-refractivity contribution in [2.45, 2.75) is 0 Å². The van der Waals surface area contributed by atoms with E-state index in [4.69, 9.17) is 14.2 Å². The second-order valence-electron chi connectivity index (χ2n) is 6.70. The molecule has 0 aliphatic rings. The van der Waals surface area contributed by atoms with E-state index in [2.05, 4.69) is 11.6 Å². The van der Waals surface area contributed by atoms with Gasteiger partial charge in [0.05, 0.1) is 36.2 Å². The molecule has 6 heteroatoms. The Kier molecular flexibility index (Phi) is 3.81. The molecule has 0 atom stereocenters. The van der Waals surface area contributed by atoms with Crippen LogP contribution in [0.15, 0.2) is 60.0 Å². The molecule has 0 spiro atoms. The number of nitrogens with zero attached hydrogens (tertiary/aromatic N) is 2. The molecule has 6 nitrogen and oxygen atoms in total. The molecule has 5 aromatic rings. The Morgan fingerprint density at radius 1 is 1.07 bits per heavy atom. The van der Waals surface area contributed by atoms with Crippen molar-refractivity contribution in [3.63, 3.8) is 0 Å². The molecule has 0 amide bonds. The van der Waals surface area contributed by atoms with Gasteiger partial charge in [0, 0.05) is 22.4 Å². The Balaban J connectivity index is 2.01. The number of hydrogen-bond acceptors (Lipinski definition) is 5. The molecule has 3 aromatic heterocycles. The van der Waals surface area contributed by atoms with Crippen LogP contribution in [-0.4, -0.2) is 30.2 Å². The predicted octanol–water partition coefficient (Wildman–Crippen LogP) is 4.17. The lowest BCUT2D eigenvalue weighted by Crippen LogP contribution is -2.14. The Labute approximate surface area is 165 Å². The molecule has 0 radical (unpaired) electrons. The highest BCUT2D eigenvalue weighted by molar-refractivity contribution is 6.19. The second-order valence-corrected chi connectivity index (χ2v) is 6.70. The van der Waals surface area contributed by atoms with E-state index in [0.717, 1.165) is 38.5 Å². The highest BCUT2D eigenvalue weighted by Gasteiger charge is 2.22. The van der Waals surface area contributed by atoms with E-state index in [1.165, 1.54) is 7.11 Å². The molecule has 0 saturated carbocycles. The van der Waals surface area contributed by atoms with Gasteiger partial charge in [0.15, 0.2) is 11.5 Å². The summed E-state index contributed by atoms with van der Waals surface area (Å²) in [6.07, 6.45) is 3.46. The maximum absolute atomic E-state index is 13.6. The maximum atomic E-state index is 13.6. The lowest BCUT2D eigenvalue weighted by molar-refractivity contribution is 0.358. The van der Waals surface area contributed by atoms with E-state index in [-0.39, 0.29) is 5.56 Å². The molecule has 0 bridgehead atoms. The van der Waals surface area contributed by atoms with Crippen molar-refractivity contribution >= 4 is 38.1 Å². The fourth-order valence-corrected chi connectivity index (χ4v) is 4.05. The molecule has 5 rings (SSSR count). The third-order valence-corrected chi connectivity index (χ3v) is 5.23. The zero-order chi connectivity index (χ0) is 20.1. The van der Waals surface area contributed by atoms with Gasteiger partial charge in [-0.2, -0.15) is 0 Å². The summed E-state index contributed by atoms with van der Waals surface area (Å²) in [6, 6.07) is 11.3. The number of hydrogen-bond donors (Lipinski definition) is 0. The van der Waals surface area contributed by atoms with E-state index in [0.29, 0.717) is 23.5 Å². The van der Waals surface area contributed by atoms with Gasteiger partial charge in [0.25, 0.3) is 5.56 Å². The summed E-state index contributed by atoms with van der Waals surface area (Å²) in [6.45, 7) is 4.10. The van der Waals surface area contributed by atoms with Crippen molar-refractivity contribution in [2.24, 2.45) is 0 Å². The molecular formula is C23H18N2O4. The molecule has 3 heterocycles. The Morgan fingerprint density at radius 3 is 2.69 bits per heavy atom. The number of aromatic nitrogens is 2. The van der Waals surface area contributed by atoms with Crippen LogP contribution in [0.3, 0.4) is 0 Å². The minimum Gasteiger partial charge on any atom is -0.493 e. The predicted molar refractivity (Wildman–Crippen MR) is 114 cm³/mol. The third kappa shape index (κ3) is 2.29. The quantitative estimate of drug-likeness (QED) is 0.335. The van der Waals surface area contributed by atoms with Crippen LogP contribution in [0.4, 0.5) is 0 Å². The van der Waals surface area contributed by atoms with Crippen LogP contribution < -0.4 is 19.8 Å². The zero-order valence-corrected chi connectivity index (χ0v) is 16.1. The molecule has 0 N–H and O–H groups in total. The summed E-state index contributed by atoms with van der Waals surface area (Å²) >= 11 is 0. The van der Waals surface area contributed by atoms with Gasteiger partial charge in [-0.3, -0.25) is 14.2 Å². The minimum absolute atomic E-state index is 0.170. The summed E-state index contributed by atoms with van der Waals surface area (Å²) in [5.74, 6) is 1.64. The van der Waals surface area contributed by atoms with Crippen LogP contribution in [0.25, 0.3) is 38.1 Å². The van der Waals surface area contributed by atoms with Crippen LogP contribution in [0.2, 0.25) is 0 Å². The smallest absolute Gasteiger partial charge is 0.267 e. The van der Waals surface area contributed by atoms with Gasteiger partial charge in [0.1, 0.15) is 12.4 Å². The number of pyridine rings is 2. The number of methoxy groups -OCH3 is 2. The lowest BCUT2D eigenvalue weighted by atomic mass is 10.1. The highest BCUT2D eigenvalue weighted by atomic mass is 16.5. The van der Waals surface area contributed by atoms with Gasteiger partial charge in [-0.1, -0.05) is 12.7 Å². The first kappa shape index (κ1) is 17.3. The summed E-state index contributed by atoms with van der Waals surface area (Å²) in [7, 11) is 3.09. The molecule has 29 heavy (non-hydrogen) atoms. The first-order valence-electron chi connectivity index (χ1n) is 9.16. The van der Waals surface area contributed by atoms with Gasteiger partial charge in [-0.15, -0.1) is 0 Å². The largest absolute Gasteiger partial charge is 0.493 e. The van der Waals surface area contributed by atoms with E-state index >= 15 is 0 Å². The second kappa shape index (κ2) is 6.38.